The van der Waals surface area contributed by atoms with Crippen LogP contribution in [0.15, 0.2) is 0 Å². The molecule has 0 aromatic rings. The maximum atomic E-state index is 5.39. The molecule has 0 aliphatic carbocycles. The van der Waals surface area contributed by atoms with Crippen molar-refractivity contribution in [3.05, 3.63) is 0 Å². The van der Waals surface area contributed by atoms with Gasteiger partial charge in [0.2, 0.25) is 0 Å². The summed E-state index contributed by atoms with van der Waals surface area (Å²) in [4.78, 5) is 2.52. The molecule has 1 rings (SSSR count). The second-order valence-corrected chi connectivity index (χ2v) is 4.86. The molecule has 1 aliphatic heterocycles. The minimum atomic E-state index is 0.697. The summed E-state index contributed by atoms with van der Waals surface area (Å²) in [6.07, 6.45) is 6.24. The average molecular weight is 228 g/mol. The van der Waals surface area contributed by atoms with Crippen molar-refractivity contribution in [3.63, 3.8) is 0 Å². The van der Waals surface area contributed by atoms with Gasteiger partial charge in [0.25, 0.3) is 0 Å². The van der Waals surface area contributed by atoms with E-state index in [0.717, 1.165) is 19.3 Å². The predicted molar refractivity (Wildman–Crippen MR) is 68.8 cm³/mol. The first-order chi connectivity index (χ1) is 7.77. The van der Waals surface area contributed by atoms with Crippen molar-refractivity contribution in [1.29, 1.82) is 0 Å². The van der Waals surface area contributed by atoms with Crippen LogP contribution in [0.25, 0.3) is 0 Å². The van der Waals surface area contributed by atoms with Crippen LogP contribution in [0.3, 0.4) is 0 Å². The Morgan fingerprint density at radius 2 is 2.06 bits per heavy atom. The van der Waals surface area contributed by atoms with E-state index in [1.54, 1.807) is 0 Å². The minimum Gasteiger partial charge on any atom is -0.381 e. The van der Waals surface area contributed by atoms with Gasteiger partial charge in [-0.2, -0.15) is 0 Å². The van der Waals surface area contributed by atoms with Crippen LogP contribution >= 0.6 is 0 Å². The topological polar surface area (TPSA) is 24.5 Å². The van der Waals surface area contributed by atoms with Gasteiger partial charge in [-0.05, 0) is 52.7 Å². The molecule has 3 nitrogen and oxygen atoms in total. The Hall–Kier alpha value is -0.120. The molecule has 3 heteroatoms. The van der Waals surface area contributed by atoms with E-state index in [1.807, 2.05) is 0 Å². The van der Waals surface area contributed by atoms with Crippen LogP contribution in [0.5, 0.6) is 0 Å². The van der Waals surface area contributed by atoms with Crippen molar-refractivity contribution >= 4 is 0 Å². The molecule has 1 fully saturated rings. The van der Waals surface area contributed by atoms with Gasteiger partial charge in [-0.3, -0.25) is 0 Å². The summed E-state index contributed by atoms with van der Waals surface area (Å²) < 4.78 is 5.39. The zero-order chi connectivity index (χ0) is 11.8. The Morgan fingerprint density at radius 1 is 1.38 bits per heavy atom. The van der Waals surface area contributed by atoms with Crippen molar-refractivity contribution in [2.45, 2.75) is 51.1 Å². The van der Waals surface area contributed by atoms with E-state index in [0.29, 0.717) is 6.04 Å². The lowest BCUT2D eigenvalue weighted by molar-refractivity contribution is 0.0424. The summed E-state index contributed by atoms with van der Waals surface area (Å²) >= 11 is 0. The van der Waals surface area contributed by atoms with Gasteiger partial charge in [0, 0.05) is 25.3 Å². The highest BCUT2D eigenvalue weighted by atomic mass is 16.5. The number of ether oxygens (including phenoxy) is 1. The van der Waals surface area contributed by atoms with Crippen molar-refractivity contribution in [2.75, 3.05) is 33.9 Å². The molecule has 0 aromatic carbocycles. The minimum absolute atomic E-state index is 0.697. The normalized spacial score (nSPS) is 20.2. The SMILES string of the molecule is CCC(CCCN(C)C1CCOCC1)NC. The summed E-state index contributed by atoms with van der Waals surface area (Å²) in [5, 5.41) is 3.37. The first-order valence-corrected chi connectivity index (χ1v) is 6.73. The molecular weight excluding hydrogens is 200 g/mol. The lowest BCUT2D eigenvalue weighted by Gasteiger charge is -2.31. The Balaban J connectivity index is 2.11. The van der Waals surface area contributed by atoms with Crippen molar-refractivity contribution < 1.29 is 4.74 Å². The molecule has 1 atom stereocenters. The molecule has 0 saturated carbocycles. The molecule has 16 heavy (non-hydrogen) atoms. The Kier molecular flexibility index (Phi) is 7.01. The fourth-order valence-electron chi connectivity index (χ4n) is 2.45. The quantitative estimate of drug-likeness (QED) is 0.720. The summed E-state index contributed by atoms with van der Waals surface area (Å²) in [6.45, 7) is 5.37. The molecule has 1 N–H and O–H groups in total. The number of hydrogen-bond donors (Lipinski definition) is 1. The standard InChI is InChI=1S/C13H28N2O/c1-4-12(14-2)6-5-9-15(3)13-7-10-16-11-8-13/h12-14H,4-11H2,1-3H3. The molecule has 0 aromatic heterocycles. The van der Waals surface area contributed by atoms with Crippen LogP contribution in [0.4, 0.5) is 0 Å². The molecule has 1 heterocycles. The fraction of sp³-hybridized carbons (Fsp3) is 1.00. The fourth-order valence-corrected chi connectivity index (χ4v) is 2.45. The van der Waals surface area contributed by atoms with Gasteiger partial charge in [-0.15, -0.1) is 0 Å². The van der Waals surface area contributed by atoms with E-state index >= 15 is 0 Å². The van der Waals surface area contributed by atoms with E-state index in [9.17, 15) is 0 Å². The van der Waals surface area contributed by atoms with Crippen molar-refractivity contribution in [2.24, 2.45) is 0 Å². The Morgan fingerprint density at radius 3 is 2.62 bits per heavy atom. The van der Waals surface area contributed by atoms with Crippen LogP contribution in [-0.4, -0.2) is 50.8 Å². The number of nitrogens with one attached hydrogen (secondary N) is 1. The molecule has 0 spiro atoms. The number of hydrogen-bond acceptors (Lipinski definition) is 3. The lowest BCUT2D eigenvalue weighted by atomic mass is 10.1. The highest BCUT2D eigenvalue weighted by Gasteiger charge is 2.17. The third-order valence-corrected chi connectivity index (χ3v) is 3.78. The average Bonchev–Trinajstić information content (AvgIpc) is 2.35. The molecule has 1 unspecified atom stereocenters. The molecule has 0 bridgehead atoms. The predicted octanol–water partition coefficient (Wildman–Crippen LogP) is 1.88. The highest BCUT2D eigenvalue weighted by Crippen LogP contribution is 2.13. The van der Waals surface area contributed by atoms with E-state index in [2.05, 4.69) is 31.2 Å². The van der Waals surface area contributed by atoms with Gasteiger partial charge in [-0.25, -0.2) is 0 Å². The first kappa shape index (κ1) is 13.9. The van der Waals surface area contributed by atoms with Gasteiger partial charge in [0.1, 0.15) is 0 Å². The zero-order valence-corrected chi connectivity index (χ0v) is 11.2. The summed E-state index contributed by atoms with van der Waals surface area (Å²) in [5.74, 6) is 0. The van der Waals surface area contributed by atoms with E-state index < -0.39 is 0 Å². The molecule has 96 valence electrons. The third kappa shape index (κ3) is 4.81. The van der Waals surface area contributed by atoms with Crippen molar-refractivity contribution in [1.82, 2.24) is 10.2 Å². The summed E-state index contributed by atoms with van der Waals surface area (Å²) in [7, 11) is 4.33. The van der Waals surface area contributed by atoms with Crippen molar-refractivity contribution in [3.8, 4) is 0 Å². The summed E-state index contributed by atoms with van der Waals surface area (Å²) in [6, 6.07) is 1.45. The Labute approximate surface area is 101 Å². The highest BCUT2D eigenvalue weighted by molar-refractivity contribution is 4.72. The van der Waals surface area contributed by atoms with E-state index in [-0.39, 0.29) is 0 Å². The number of nitrogens with zero attached hydrogens (tertiary/aromatic N) is 1. The summed E-state index contributed by atoms with van der Waals surface area (Å²) in [5.41, 5.74) is 0. The number of rotatable bonds is 7. The van der Waals surface area contributed by atoms with Crippen LogP contribution in [0.1, 0.15) is 39.0 Å². The van der Waals surface area contributed by atoms with E-state index in [4.69, 9.17) is 4.74 Å². The largest absolute Gasteiger partial charge is 0.381 e. The lowest BCUT2D eigenvalue weighted by Crippen LogP contribution is -2.37. The Bertz CT molecular complexity index is 165. The van der Waals surface area contributed by atoms with E-state index in [1.165, 1.54) is 38.6 Å². The van der Waals surface area contributed by atoms with Gasteiger partial charge in [0.15, 0.2) is 0 Å². The molecule has 1 saturated heterocycles. The second kappa shape index (κ2) is 8.04. The molecular formula is C13H28N2O. The molecule has 1 aliphatic rings. The van der Waals surface area contributed by atoms with Gasteiger partial charge >= 0.3 is 0 Å². The maximum absolute atomic E-state index is 5.39. The monoisotopic (exact) mass is 228 g/mol. The first-order valence-electron chi connectivity index (χ1n) is 6.73. The van der Waals surface area contributed by atoms with Gasteiger partial charge < -0.3 is 15.0 Å². The van der Waals surface area contributed by atoms with Gasteiger partial charge in [0.05, 0.1) is 0 Å². The van der Waals surface area contributed by atoms with Crippen LogP contribution < -0.4 is 5.32 Å². The van der Waals surface area contributed by atoms with Crippen LogP contribution in [0, 0.1) is 0 Å². The van der Waals surface area contributed by atoms with Crippen LogP contribution in [-0.2, 0) is 4.74 Å². The third-order valence-electron chi connectivity index (χ3n) is 3.78. The maximum Gasteiger partial charge on any atom is 0.0480 e. The van der Waals surface area contributed by atoms with Crippen LogP contribution in [0.2, 0.25) is 0 Å². The molecule has 0 amide bonds. The van der Waals surface area contributed by atoms with Gasteiger partial charge in [-0.1, -0.05) is 6.92 Å². The molecule has 0 radical (unpaired) electrons. The second-order valence-electron chi connectivity index (χ2n) is 4.86. The zero-order valence-electron chi connectivity index (χ0n) is 11.2. The smallest absolute Gasteiger partial charge is 0.0480 e.